The zero-order chi connectivity index (χ0) is 22.8. The molecule has 1 aliphatic heterocycles. The maximum absolute atomic E-state index is 12.8. The van der Waals surface area contributed by atoms with E-state index >= 15 is 0 Å². The van der Waals surface area contributed by atoms with Crippen molar-refractivity contribution in [2.24, 2.45) is 0 Å². The second-order valence-electron chi connectivity index (χ2n) is 6.81. The van der Waals surface area contributed by atoms with Crippen LogP contribution in [-0.4, -0.2) is 32.8 Å². The first-order valence-corrected chi connectivity index (χ1v) is 11.2. The molecule has 8 nitrogen and oxygen atoms in total. The Bertz CT molecular complexity index is 1210. The Morgan fingerprint density at radius 2 is 1.94 bits per heavy atom. The van der Waals surface area contributed by atoms with Crippen LogP contribution in [0, 0.1) is 0 Å². The van der Waals surface area contributed by atoms with Crippen molar-refractivity contribution in [1.82, 2.24) is 15.2 Å². The minimum Gasteiger partial charge on any atom is -0.447 e. The molecule has 0 aliphatic carbocycles. The number of carbonyl (C=O) groups is 2. The summed E-state index contributed by atoms with van der Waals surface area (Å²) in [5.74, 6) is 0.371. The van der Waals surface area contributed by atoms with E-state index in [0.29, 0.717) is 27.7 Å². The summed E-state index contributed by atoms with van der Waals surface area (Å²) in [6.07, 6.45) is -0.978. The highest BCUT2D eigenvalue weighted by atomic mass is 35.5. The van der Waals surface area contributed by atoms with Gasteiger partial charge in [-0.15, -0.1) is 10.2 Å². The molecular weight excluding hydrogens is 452 g/mol. The number of carbonyl (C=O) groups excluding carboxylic acids is 2. The number of rotatable bonds is 4. The zero-order valence-corrected chi connectivity index (χ0v) is 19.1. The molecule has 2 heterocycles. The van der Waals surface area contributed by atoms with Crippen LogP contribution >= 0.6 is 23.4 Å². The Morgan fingerprint density at radius 1 is 1.16 bits per heavy atom. The fourth-order valence-corrected chi connectivity index (χ4v) is 4.16. The van der Waals surface area contributed by atoms with E-state index < -0.39 is 12.2 Å². The van der Waals surface area contributed by atoms with Crippen LogP contribution in [0.15, 0.2) is 47.6 Å². The van der Waals surface area contributed by atoms with Crippen molar-refractivity contribution < 1.29 is 19.1 Å². The Kier molecular flexibility index (Phi) is 6.29. The fourth-order valence-electron chi connectivity index (χ4n) is 3.40. The molecule has 0 bridgehead atoms. The lowest BCUT2D eigenvalue weighted by molar-refractivity contribution is -0.131. The van der Waals surface area contributed by atoms with Gasteiger partial charge in [0, 0.05) is 25.0 Å². The summed E-state index contributed by atoms with van der Waals surface area (Å²) in [5, 5.41) is 9.15. The van der Waals surface area contributed by atoms with E-state index in [4.69, 9.17) is 21.1 Å². The molecule has 0 unspecified atom stereocenters. The number of para-hydroxylation sites is 1. The number of halogens is 1. The van der Waals surface area contributed by atoms with Gasteiger partial charge in [-0.2, -0.15) is 4.98 Å². The number of thioether (sulfide) groups is 1. The largest absolute Gasteiger partial charge is 0.447 e. The van der Waals surface area contributed by atoms with Crippen molar-refractivity contribution in [2.75, 3.05) is 10.7 Å². The van der Waals surface area contributed by atoms with Crippen LogP contribution in [0.2, 0.25) is 5.02 Å². The number of esters is 1. The lowest BCUT2D eigenvalue weighted by atomic mass is 10.1. The van der Waals surface area contributed by atoms with Gasteiger partial charge in [0.1, 0.15) is 5.75 Å². The van der Waals surface area contributed by atoms with E-state index in [0.717, 1.165) is 5.75 Å². The Balaban J connectivity index is 1.94. The van der Waals surface area contributed by atoms with Crippen molar-refractivity contribution in [3.8, 4) is 22.9 Å². The molecule has 0 saturated heterocycles. The molecule has 0 saturated carbocycles. The predicted molar refractivity (Wildman–Crippen MR) is 121 cm³/mol. The Hall–Kier alpha value is -3.17. The molecule has 1 atom stereocenters. The molecule has 0 fully saturated rings. The number of aromatic nitrogens is 3. The van der Waals surface area contributed by atoms with Crippen LogP contribution in [-0.2, 0) is 9.59 Å². The van der Waals surface area contributed by atoms with E-state index in [-0.39, 0.29) is 22.6 Å². The molecular formula is C22H19ClN4O4S. The summed E-state index contributed by atoms with van der Waals surface area (Å²) in [5.41, 5.74) is 2.08. The summed E-state index contributed by atoms with van der Waals surface area (Å²) in [4.78, 5) is 30.4. The maximum Gasteiger partial charge on any atom is 0.308 e. The van der Waals surface area contributed by atoms with Crippen molar-refractivity contribution >= 4 is 40.9 Å². The number of fused-ring (bicyclic) bond motifs is 3. The summed E-state index contributed by atoms with van der Waals surface area (Å²) in [7, 11) is 0. The molecule has 4 rings (SSSR count). The van der Waals surface area contributed by atoms with Crippen LogP contribution in [0.25, 0.3) is 11.3 Å². The minimum absolute atomic E-state index is 0.157. The van der Waals surface area contributed by atoms with Gasteiger partial charge in [-0.05, 0) is 17.9 Å². The molecule has 164 valence electrons. The van der Waals surface area contributed by atoms with E-state index in [1.54, 1.807) is 24.3 Å². The third-order valence-electron chi connectivity index (χ3n) is 4.64. The zero-order valence-electron chi connectivity index (χ0n) is 17.5. The third kappa shape index (κ3) is 4.13. The minimum atomic E-state index is -0.978. The fraction of sp³-hybridized carbons (Fsp3) is 0.227. The average molecular weight is 471 g/mol. The van der Waals surface area contributed by atoms with E-state index in [2.05, 4.69) is 15.2 Å². The van der Waals surface area contributed by atoms with E-state index in [9.17, 15) is 9.59 Å². The van der Waals surface area contributed by atoms with E-state index in [1.165, 1.54) is 30.5 Å². The Morgan fingerprint density at radius 3 is 2.66 bits per heavy atom. The first-order chi connectivity index (χ1) is 15.4. The molecule has 2 aromatic carbocycles. The highest BCUT2D eigenvalue weighted by Gasteiger charge is 2.36. The van der Waals surface area contributed by atoms with Crippen LogP contribution in [0.3, 0.4) is 0 Å². The van der Waals surface area contributed by atoms with Gasteiger partial charge in [0.15, 0.2) is 5.69 Å². The van der Waals surface area contributed by atoms with Gasteiger partial charge in [-0.1, -0.05) is 60.6 Å². The monoisotopic (exact) mass is 470 g/mol. The van der Waals surface area contributed by atoms with Gasteiger partial charge in [0.25, 0.3) is 0 Å². The quantitative estimate of drug-likeness (QED) is 0.308. The lowest BCUT2D eigenvalue weighted by Gasteiger charge is -2.30. The number of anilines is 1. The van der Waals surface area contributed by atoms with Crippen LogP contribution in [0.5, 0.6) is 11.6 Å². The maximum atomic E-state index is 12.8. The van der Waals surface area contributed by atoms with Gasteiger partial charge in [-0.3, -0.25) is 14.5 Å². The van der Waals surface area contributed by atoms with Gasteiger partial charge in [-0.25, -0.2) is 0 Å². The molecule has 0 N–H and O–H groups in total. The first-order valence-electron chi connectivity index (χ1n) is 9.81. The Labute approximate surface area is 193 Å². The van der Waals surface area contributed by atoms with Crippen molar-refractivity contribution in [3.05, 3.63) is 53.1 Å². The highest BCUT2D eigenvalue weighted by Crippen LogP contribution is 2.45. The summed E-state index contributed by atoms with van der Waals surface area (Å²) >= 11 is 8.02. The SMILES string of the molecule is CCSc1nnc2c(n1)O[C@@H](c1cccc(OC(C)=O)c1Cl)N(C(C)=O)c1ccccc1-2. The number of hydrogen-bond acceptors (Lipinski definition) is 8. The number of amides is 1. The summed E-state index contributed by atoms with van der Waals surface area (Å²) in [6.45, 7) is 4.70. The summed E-state index contributed by atoms with van der Waals surface area (Å²) in [6, 6.07) is 12.2. The molecule has 10 heteroatoms. The lowest BCUT2D eigenvalue weighted by Crippen LogP contribution is -2.36. The smallest absolute Gasteiger partial charge is 0.308 e. The number of hydrogen-bond donors (Lipinski definition) is 0. The van der Waals surface area contributed by atoms with E-state index in [1.807, 2.05) is 25.1 Å². The predicted octanol–water partition coefficient (Wildman–Crippen LogP) is 4.67. The van der Waals surface area contributed by atoms with Crippen LogP contribution < -0.4 is 14.4 Å². The summed E-state index contributed by atoms with van der Waals surface area (Å²) < 4.78 is 11.5. The van der Waals surface area contributed by atoms with Crippen molar-refractivity contribution in [2.45, 2.75) is 32.2 Å². The van der Waals surface area contributed by atoms with Crippen molar-refractivity contribution in [3.63, 3.8) is 0 Å². The molecule has 1 amide bonds. The second kappa shape index (κ2) is 9.13. The molecule has 0 radical (unpaired) electrons. The number of benzene rings is 2. The molecule has 32 heavy (non-hydrogen) atoms. The number of nitrogens with zero attached hydrogens (tertiary/aromatic N) is 4. The molecule has 1 aliphatic rings. The highest BCUT2D eigenvalue weighted by molar-refractivity contribution is 7.99. The average Bonchev–Trinajstić information content (AvgIpc) is 2.89. The van der Waals surface area contributed by atoms with Crippen LogP contribution in [0.1, 0.15) is 32.6 Å². The standard InChI is InChI=1S/C22H19ClN4O4S/c1-4-32-22-24-20-19(25-26-22)14-8-5-6-10-16(14)27(12(2)28)21(31-20)15-9-7-11-17(18(15)23)30-13(3)29/h5-11,21H,4H2,1-3H3/t21-/m0/s1. The normalized spacial score (nSPS) is 14.6. The third-order valence-corrected chi connectivity index (χ3v) is 5.76. The topological polar surface area (TPSA) is 94.5 Å². The second-order valence-corrected chi connectivity index (χ2v) is 8.42. The molecule has 3 aromatic rings. The van der Waals surface area contributed by atoms with Gasteiger partial charge >= 0.3 is 5.97 Å². The van der Waals surface area contributed by atoms with Crippen molar-refractivity contribution in [1.29, 1.82) is 0 Å². The van der Waals surface area contributed by atoms with Crippen LogP contribution in [0.4, 0.5) is 5.69 Å². The van der Waals surface area contributed by atoms with Gasteiger partial charge in [0.2, 0.25) is 23.2 Å². The first kappa shape index (κ1) is 22.0. The molecule has 0 spiro atoms. The molecule has 1 aromatic heterocycles. The van der Waals surface area contributed by atoms with Gasteiger partial charge in [0.05, 0.1) is 10.7 Å². The van der Waals surface area contributed by atoms with Gasteiger partial charge < -0.3 is 9.47 Å². The number of ether oxygens (including phenoxy) is 2.